The fourth-order valence-electron chi connectivity index (χ4n) is 1.82. The van der Waals surface area contributed by atoms with E-state index < -0.39 is 6.10 Å². The smallest absolute Gasteiger partial charge is 0.264 e. The lowest BCUT2D eigenvalue weighted by Gasteiger charge is -2.35. The first-order chi connectivity index (χ1) is 8.34. The number of β-lactam (4-membered cyclic amide) rings is 1. The molecule has 2 heterocycles. The quantitative estimate of drug-likeness (QED) is 0.843. The van der Waals surface area contributed by atoms with Crippen LogP contribution in [-0.2, 0) is 4.79 Å². The third kappa shape index (κ3) is 1.91. The first kappa shape index (κ1) is 10.4. The molecule has 1 aromatic carbocycles. The van der Waals surface area contributed by atoms with Crippen molar-refractivity contribution in [3.8, 4) is 5.75 Å². The van der Waals surface area contributed by atoms with Gasteiger partial charge in [-0.1, -0.05) is 24.3 Å². The molecule has 1 N–H and O–H groups in total. The summed E-state index contributed by atoms with van der Waals surface area (Å²) in [4.78, 5) is 12.6. The molecule has 3 rings (SSSR count). The van der Waals surface area contributed by atoms with Crippen LogP contribution in [0.5, 0.6) is 5.75 Å². The second-order valence-corrected chi connectivity index (χ2v) is 4.83. The maximum Gasteiger partial charge on any atom is 0.264 e. The van der Waals surface area contributed by atoms with E-state index in [1.54, 1.807) is 11.3 Å². The van der Waals surface area contributed by atoms with Gasteiger partial charge >= 0.3 is 0 Å². The fourth-order valence-corrected chi connectivity index (χ4v) is 2.62. The summed E-state index contributed by atoms with van der Waals surface area (Å²) in [5.74, 6) is 0.682. The van der Waals surface area contributed by atoms with Crippen molar-refractivity contribution in [1.82, 2.24) is 5.32 Å². The van der Waals surface area contributed by atoms with E-state index in [0.29, 0.717) is 0 Å². The summed E-state index contributed by atoms with van der Waals surface area (Å²) < 4.78 is 5.69. The molecule has 0 spiro atoms. The highest BCUT2D eigenvalue weighted by molar-refractivity contribution is 7.10. The van der Waals surface area contributed by atoms with Crippen LogP contribution in [0.1, 0.15) is 10.9 Å². The van der Waals surface area contributed by atoms with Gasteiger partial charge in [0.15, 0.2) is 0 Å². The maximum absolute atomic E-state index is 11.5. The highest BCUT2D eigenvalue weighted by Crippen LogP contribution is 2.31. The van der Waals surface area contributed by atoms with Crippen LogP contribution in [-0.4, -0.2) is 12.0 Å². The molecule has 0 aliphatic carbocycles. The van der Waals surface area contributed by atoms with Gasteiger partial charge in [-0.25, -0.2) is 0 Å². The van der Waals surface area contributed by atoms with E-state index in [1.807, 2.05) is 47.8 Å². The minimum Gasteiger partial charge on any atom is -0.478 e. The molecule has 1 amide bonds. The largest absolute Gasteiger partial charge is 0.478 e. The predicted octanol–water partition coefficient (Wildman–Crippen LogP) is 2.37. The van der Waals surface area contributed by atoms with E-state index in [1.165, 1.54) is 0 Å². The summed E-state index contributed by atoms with van der Waals surface area (Å²) in [6, 6.07) is 13.4. The number of ether oxygens (including phenoxy) is 1. The molecule has 3 nitrogen and oxygen atoms in total. The molecule has 1 saturated heterocycles. The molecule has 1 aliphatic heterocycles. The number of nitrogens with one attached hydrogen (secondary N) is 1. The van der Waals surface area contributed by atoms with E-state index in [2.05, 4.69) is 5.32 Å². The van der Waals surface area contributed by atoms with Crippen LogP contribution in [0.15, 0.2) is 47.8 Å². The lowest BCUT2D eigenvalue weighted by atomic mass is 10.0. The van der Waals surface area contributed by atoms with Crippen molar-refractivity contribution in [2.75, 3.05) is 0 Å². The highest BCUT2D eigenvalue weighted by atomic mass is 32.1. The lowest BCUT2D eigenvalue weighted by Crippen LogP contribution is -2.58. The fraction of sp³-hybridized carbons (Fsp3) is 0.154. The van der Waals surface area contributed by atoms with E-state index in [0.717, 1.165) is 10.6 Å². The van der Waals surface area contributed by atoms with Gasteiger partial charge in [0.05, 0.1) is 0 Å². The summed E-state index contributed by atoms with van der Waals surface area (Å²) in [6.45, 7) is 0. The number of hydrogen-bond donors (Lipinski definition) is 1. The normalized spacial score (nSPS) is 22.7. The molecule has 4 heteroatoms. The monoisotopic (exact) mass is 245 g/mol. The number of amides is 1. The molecule has 17 heavy (non-hydrogen) atoms. The number of rotatable bonds is 3. The standard InChI is InChI=1S/C13H11NO2S/c15-13-12(16-9-5-2-1-3-6-9)11(14-13)10-7-4-8-17-10/h1-8,11-12H,(H,14,15)/t11-,12+/m1/s1. The Bertz CT molecular complexity index is 509. The van der Waals surface area contributed by atoms with Crippen LogP contribution >= 0.6 is 11.3 Å². The van der Waals surface area contributed by atoms with Crippen molar-refractivity contribution in [2.24, 2.45) is 0 Å². The molecule has 2 aromatic rings. The Morgan fingerprint density at radius 1 is 1.12 bits per heavy atom. The number of para-hydroxylation sites is 1. The Balaban J connectivity index is 1.76. The highest BCUT2D eigenvalue weighted by Gasteiger charge is 2.42. The Kier molecular flexibility index (Phi) is 2.57. The topological polar surface area (TPSA) is 38.3 Å². The summed E-state index contributed by atoms with van der Waals surface area (Å²) in [6.07, 6.45) is -0.406. The molecule has 2 atom stereocenters. The van der Waals surface area contributed by atoms with E-state index in [9.17, 15) is 4.79 Å². The van der Waals surface area contributed by atoms with Gasteiger partial charge in [-0.2, -0.15) is 0 Å². The molecule has 86 valence electrons. The van der Waals surface area contributed by atoms with Gasteiger partial charge in [0.25, 0.3) is 5.91 Å². The third-order valence-electron chi connectivity index (χ3n) is 2.71. The predicted molar refractivity (Wildman–Crippen MR) is 66.1 cm³/mol. The molecule has 0 bridgehead atoms. The average Bonchev–Trinajstić information content (AvgIpc) is 2.88. The maximum atomic E-state index is 11.5. The molecular formula is C13H11NO2S. The van der Waals surface area contributed by atoms with Gasteiger partial charge in [0.2, 0.25) is 6.10 Å². The van der Waals surface area contributed by atoms with Gasteiger partial charge in [0, 0.05) is 4.88 Å². The van der Waals surface area contributed by atoms with Gasteiger partial charge < -0.3 is 10.1 Å². The first-order valence-electron chi connectivity index (χ1n) is 5.40. The zero-order chi connectivity index (χ0) is 11.7. The van der Waals surface area contributed by atoms with Crippen LogP contribution in [0, 0.1) is 0 Å². The zero-order valence-corrected chi connectivity index (χ0v) is 9.81. The second-order valence-electron chi connectivity index (χ2n) is 3.85. The number of carbonyl (C=O) groups excluding carboxylic acids is 1. The minimum atomic E-state index is -0.406. The first-order valence-corrected chi connectivity index (χ1v) is 6.28. The van der Waals surface area contributed by atoms with Gasteiger partial charge in [0.1, 0.15) is 11.8 Å². The molecule has 1 fully saturated rings. The van der Waals surface area contributed by atoms with Crippen molar-refractivity contribution < 1.29 is 9.53 Å². The Morgan fingerprint density at radius 3 is 2.59 bits per heavy atom. The molecule has 0 unspecified atom stereocenters. The van der Waals surface area contributed by atoms with Crippen LogP contribution in [0.3, 0.4) is 0 Å². The molecule has 0 radical (unpaired) electrons. The molecular weight excluding hydrogens is 234 g/mol. The summed E-state index contributed by atoms with van der Waals surface area (Å²) in [5, 5.41) is 4.86. The lowest BCUT2D eigenvalue weighted by molar-refractivity contribution is -0.140. The number of hydrogen-bond acceptors (Lipinski definition) is 3. The Labute approximate surface area is 103 Å². The van der Waals surface area contributed by atoms with Crippen LogP contribution in [0.2, 0.25) is 0 Å². The molecule has 1 aliphatic rings. The minimum absolute atomic E-state index is 0.0114. The average molecular weight is 245 g/mol. The third-order valence-corrected chi connectivity index (χ3v) is 3.67. The zero-order valence-electron chi connectivity index (χ0n) is 9.00. The molecule has 1 aromatic heterocycles. The number of benzene rings is 1. The number of thiophene rings is 1. The SMILES string of the molecule is O=C1N[C@H](c2cccs2)[C@@H]1Oc1ccccc1. The van der Waals surface area contributed by atoms with E-state index >= 15 is 0 Å². The van der Waals surface area contributed by atoms with E-state index in [-0.39, 0.29) is 11.9 Å². The summed E-state index contributed by atoms with van der Waals surface area (Å²) in [7, 11) is 0. The van der Waals surface area contributed by atoms with Crippen molar-refractivity contribution >= 4 is 17.2 Å². The van der Waals surface area contributed by atoms with E-state index in [4.69, 9.17) is 4.74 Å². The summed E-state index contributed by atoms with van der Waals surface area (Å²) >= 11 is 1.63. The summed E-state index contributed by atoms with van der Waals surface area (Å²) in [5.41, 5.74) is 0. The molecule has 0 saturated carbocycles. The van der Waals surface area contributed by atoms with Crippen molar-refractivity contribution in [1.29, 1.82) is 0 Å². The van der Waals surface area contributed by atoms with Crippen LogP contribution in [0.4, 0.5) is 0 Å². The van der Waals surface area contributed by atoms with Gasteiger partial charge in [-0.3, -0.25) is 4.79 Å². The van der Waals surface area contributed by atoms with Crippen molar-refractivity contribution in [2.45, 2.75) is 12.1 Å². The second kappa shape index (κ2) is 4.22. The van der Waals surface area contributed by atoms with Crippen molar-refractivity contribution in [3.63, 3.8) is 0 Å². The Morgan fingerprint density at radius 2 is 1.94 bits per heavy atom. The van der Waals surface area contributed by atoms with Crippen LogP contribution < -0.4 is 10.1 Å². The van der Waals surface area contributed by atoms with Gasteiger partial charge in [-0.15, -0.1) is 11.3 Å². The number of carbonyl (C=O) groups is 1. The van der Waals surface area contributed by atoms with Gasteiger partial charge in [-0.05, 0) is 23.6 Å². The van der Waals surface area contributed by atoms with Crippen molar-refractivity contribution in [3.05, 3.63) is 52.7 Å². The Hall–Kier alpha value is -1.81. The van der Waals surface area contributed by atoms with Crippen LogP contribution in [0.25, 0.3) is 0 Å².